The SMILES string of the molecule is CC/C=C\C/C=C\C/C=C\C/C=C\CCCCCCCCC(=O)OCC(COC(=O)CCCCCCCCCCCC)OC(=O)CCCCCCCCCCCCCCCCCCCC. The predicted molar refractivity (Wildman–Crippen MR) is 279 cm³/mol. The van der Waals surface area contributed by atoms with Crippen LogP contribution >= 0.6 is 0 Å². The second-order valence-electron chi connectivity index (χ2n) is 18.8. The van der Waals surface area contributed by atoms with Crippen molar-refractivity contribution in [3.05, 3.63) is 48.6 Å². The van der Waals surface area contributed by atoms with Crippen molar-refractivity contribution in [2.24, 2.45) is 0 Å². The van der Waals surface area contributed by atoms with E-state index < -0.39 is 6.10 Å². The maximum atomic E-state index is 12.8. The Labute approximate surface area is 403 Å². The van der Waals surface area contributed by atoms with Crippen LogP contribution in [0.5, 0.6) is 0 Å². The van der Waals surface area contributed by atoms with Gasteiger partial charge in [0.1, 0.15) is 13.2 Å². The van der Waals surface area contributed by atoms with Gasteiger partial charge in [0.25, 0.3) is 0 Å². The highest BCUT2D eigenvalue weighted by Crippen LogP contribution is 2.16. The molecule has 6 nitrogen and oxygen atoms in total. The fourth-order valence-corrected chi connectivity index (χ4v) is 8.14. The number of ether oxygens (including phenoxy) is 3. The molecule has 0 aromatic carbocycles. The quantitative estimate of drug-likeness (QED) is 0.0262. The lowest BCUT2D eigenvalue weighted by Crippen LogP contribution is -2.30. The van der Waals surface area contributed by atoms with Gasteiger partial charge in [-0.1, -0.05) is 262 Å². The van der Waals surface area contributed by atoms with Crippen LogP contribution in [0.3, 0.4) is 0 Å². The summed E-state index contributed by atoms with van der Waals surface area (Å²) in [6.45, 7) is 6.54. The van der Waals surface area contributed by atoms with Gasteiger partial charge in [0.2, 0.25) is 0 Å². The maximum absolute atomic E-state index is 12.8. The van der Waals surface area contributed by atoms with Crippen LogP contribution in [0.1, 0.15) is 290 Å². The number of carbonyl (C=O) groups is 3. The Morgan fingerprint density at radius 3 is 0.938 bits per heavy atom. The second kappa shape index (κ2) is 54.0. The number of unbranched alkanes of at least 4 members (excludes halogenated alkanes) is 32. The summed E-state index contributed by atoms with van der Waals surface area (Å²) in [7, 11) is 0. The summed E-state index contributed by atoms with van der Waals surface area (Å²) in [6, 6.07) is 0. The van der Waals surface area contributed by atoms with E-state index in [-0.39, 0.29) is 31.1 Å². The summed E-state index contributed by atoms with van der Waals surface area (Å²) < 4.78 is 16.8. The van der Waals surface area contributed by atoms with E-state index in [2.05, 4.69) is 69.4 Å². The average Bonchev–Trinajstić information content (AvgIpc) is 3.30. The highest BCUT2D eigenvalue weighted by molar-refractivity contribution is 5.71. The zero-order valence-electron chi connectivity index (χ0n) is 43.3. The Bertz CT molecular complexity index is 1140. The first kappa shape index (κ1) is 62.4. The Morgan fingerprint density at radius 1 is 0.323 bits per heavy atom. The molecule has 0 aliphatic heterocycles. The minimum Gasteiger partial charge on any atom is -0.462 e. The highest BCUT2D eigenvalue weighted by Gasteiger charge is 2.19. The van der Waals surface area contributed by atoms with Crippen LogP contribution in [0, 0.1) is 0 Å². The molecule has 0 fully saturated rings. The molecule has 0 radical (unpaired) electrons. The van der Waals surface area contributed by atoms with Crippen LogP contribution in [0.25, 0.3) is 0 Å². The van der Waals surface area contributed by atoms with E-state index >= 15 is 0 Å². The van der Waals surface area contributed by atoms with E-state index in [1.165, 1.54) is 161 Å². The summed E-state index contributed by atoms with van der Waals surface area (Å²) in [5, 5.41) is 0. The zero-order valence-corrected chi connectivity index (χ0v) is 43.3. The molecule has 1 atom stereocenters. The van der Waals surface area contributed by atoms with Crippen molar-refractivity contribution in [3.63, 3.8) is 0 Å². The molecule has 0 heterocycles. The number of esters is 3. The zero-order chi connectivity index (χ0) is 47.2. The van der Waals surface area contributed by atoms with Crippen LogP contribution < -0.4 is 0 Å². The molecule has 0 aromatic heterocycles. The third-order valence-electron chi connectivity index (χ3n) is 12.3. The molecule has 65 heavy (non-hydrogen) atoms. The topological polar surface area (TPSA) is 78.9 Å². The van der Waals surface area contributed by atoms with Crippen molar-refractivity contribution in [2.45, 2.75) is 297 Å². The van der Waals surface area contributed by atoms with Crippen molar-refractivity contribution < 1.29 is 28.6 Å². The molecule has 0 aromatic rings. The fourth-order valence-electron chi connectivity index (χ4n) is 8.14. The van der Waals surface area contributed by atoms with E-state index in [1.54, 1.807) is 0 Å². The van der Waals surface area contributed by atoms with Gasteiger partial charge in [-0.3, -0.25) is 14.4 Å². The molecule has 0 saturated carbocycles. The summed E-state index contributed by atoms with van der Waals surface area (Å²) in [5.41, 5.74) is 0. The highest BCUT2D eigenvalue weighted by atomic mass is 16.6. The number of allylic oxidation sites excluding steroid dienone is 8. The monoisotopic (exact) mass is 911 g/mol. The third kappa shape index (κ3) is 52.2. The van der Waals surface area contributed by atoms with Crippen LogP contribution in [0.4, 0.5) is 0 Å². The van der Waals surface area contributed by atoms with E-state index in [9.17, 15) is 14.4 Å². The first-order chi connectivity index (χ1) is 32.0. The van der Waals surface area contributed by atoms with Crippen molar-refractivity contribution in [3.8, 4) is 0 Å². The van der Waals surface area contributed by atoms with Gasteiger partial charge >= 0.3 is 17.9 Å². The van der Waals surface area contributed by atoms with E-state index in [0.717, 1.165) is 89.9 Å². The molecule has 1 unspecified atom stereocenters. The van der Waals surface area contributed by atoms with Crippen LogP contribution in [0.15, 0.2) is 48.6 Å². The van der Waals surface area contributed by atoms with Gasteiger partial charge in [0.05, 0.1) is 0 Å². The number of hydrogen-bond acceptors (Lipinski definition) is 6. The lowest BCUT2D eigenvalue weighted by molar-refractivity contribution is -0.167. The first-order valence-electron chi connectivity index (χ1n) is 28.1. The maximum Gasteiger partial charge on any atom is 0.306 e. The van der Waals surface area contributed by atoms with E-state index in [1.807, 2.05) is 0 Å². The second-order valence-corrected chi connectivity index (χ2v) is 18.8. The average molecular weight is 911 g/mol. The van der Waals surface area contributed by atoms with Gasteiger partial charge in [-0.15, -0.1) is 0 Å². The molecule has 0 aliphatic carbocycles. The van der Waals surface area contributed by atoms with Crippen LogP contribution in [-0.2, 0) is 28.6 Å². The van der Waals surface area contributed by atoms with E-state index in [4.69, 9.17) is 14.2 Å². The fraction of sp³-hybridized carbons (Fsp3) is 0.814. The molecular formula is C59H106O6. The summed E-state index contributed by atoms with van der Waals surface area (Å²) in [4.78, 5) is 38.0. The molecule has 6 heteroatoms. The number of rotatable bonds is 51. The Morgan fingerprint density at radius 2 is 0.600 bits per heavy atom. The van der Waals surface area contributed by atoms with Crippen molar-refractivity contribution in [1.82, 2.24) is 0 Å². The minimum atomic E-state index is -0.774. The number of carbonyl (C=O) groups excluding carboxylic acids is 3. The molecule has 0 bridgehead atoms. The Kier molecular flexibility index (Phi) is 51.8. The minimum absolute atomic E-state index is 0.0738. The summed E-state index contributed by atoms with van der Waals surface area (Å²) >= 11 is 0. The van der Waals surface area contributed by atoms with Gasteiger partial charge in [0.15, 0.2) is 6.10 Å². The van der Waals surface area contributed by atoms with Crippen molar-refractivity contribution in [1.29, 1.82) is 0 Å². The van der Waals surface area contributed by atoms with Gasteiger partial charge in [-0.25, -0.2) is 0 Å². The molecule has 0 N–H and O–H groups in total. The molecule has 0 amide bonds. The normalized spacial score (nSPS) is 12.4. The van der Waals surface area contributed by atoms with Crippen molar-refractivity contribution in [2.75, 3.05) is 13.2 Å². The Hall–Kier alpha value is -2.63. The number of hydrogen-bond donors (Lipinski definition) is 0. The van der Waals surface area contributed by atoms with Crippen LogP contribution in [0.2, 0.25) is 0 Å². The van der Waals surface area contributed by atoms with Gasteiger partial charge in [0, 0.05) is 19.3 Å². The summed E-state index contributed by atoms with van der Waals surface area (Å²) in [6.07, 6.45) is 65.3. The summed E-state index contributed by atoms with van der Waals surface area (Å²) in [5.74, 6) is -0.875. The largest absolute Gasteiger partial charge is 0.462 e. The molecule has 0 spiro atoms. The predicted octanol–water partition coefficient (Wildman–Crippen LogP) is 18.7. The van der Waals surface area contributed by atoms with Crippen molar-refractivity contribution >= 4 is 17.9 Å². The lowest BCUT2D eigenvalue weighted by atomic mass is 10.0. The molecule has 378 valence electrons. The van der Waals surface area contributed by atoms with Crippen LogP contribution in [-0.4, -0.2) is 37.2 Å². The van der Waals surface area contributed by atoms with Gasteiger partial charge in [-0.05, 0) is 57.8 Å². The van der Waals surface area contributed by atoms with E-state index in [0.29, 0.717) is 19.3 Å². The molecule has 0 saturated heterocycles. The standard InChI is InChI=1S/C59H106O6/c1-4-7-10-13-16-19-22-24-26-28-30-32-33-35-37-40-43-46-49-52-58(61)64-55-56(54-63-57(60)51-48-45-42-39-21-18-15-12-9-6-3)65-59(62)53-50-47-44-41-38-36-34-31-29-27-25-23-20-17-14-11-8-5-2/h7,10,16,19,24,26,30,32,56H,4-6,8-9,11-15,17-18,20-23,25,27-29,31,33-55H2,1-3H3/b10-7-,19-16-,26-24-,32-30-. The molecular weight excluding hydrogens is 805 g/mol. The van der Waals surface area contributed by atoms with Gasteiger partial charge in [-0.2, -0.15) is 0 Å². The third-order valence-corrected chi connectivity index (χ3v) is 12.3. The molecule has 0 aliphatic rings. The Balaban J connectivity index is 4.31. The lowest BCUT2D eigenvalue weighted by Gasteiger charge is -2.18. The smallest absolute Gasteiger partial charge is 0.306 e. The molecule has 0 rings (SSSR count). The van der Waals surface area contributed by atoms with Gasteiger partial charge < -0.3 is 14.2 Å². The first-order valence-corrected chi connectivity index (χ1v) is 28.1.